The van der Waals surface area contributed by atoms with Crippen molar-refractivity contribution in [2.24, 2.45) is 0 Å². The normalized spacial score (nSPS) is 10.3. The Hall–Kier alpha value is -1.81. The van der Waals surface area contributed by atoms with Crippen LogP contribution in [0.4, 0.5) is 4.39 Å². The van der Waals surface area contributed by atoms with Crippen molar-refractivity contribution in [2.75, 3.05) is 7.11 Å². The number of nitrogens with one attached hydrogen (secondary N) is 1. The smallest absolute Gasteiger partial charge is 0.344 e. The van der Waals surface area contributed by atoms with E-state index in [-0.39, 0.29) is 16.4 Å². The summed E-state index contributed by atoms with van der Waals surface area (Å²) in [7, 11) is 1.17. The molecular weight excluding hydrogens is 245 g/mol. The van der Waals surface area contributed by atoms with Crippen molar-refractivity contribution < 1.29 is 13.9 Å². The predicted molar refractivity (Wildman–Crippen MR) is 62.5 cm³/mol. The third kappa shape index (κ3) is 2.03. The summed E-state index contributed by atoms with van der Waals surface area (Å²) >= 11 is 5.78. The SMILES string of the molecule is COC(=O)c1c(Cl)[nH]c(-c2ccccc2)c1F. The standard InChI is InChI=1S/C12H9ClFNO2/c1-17-12(16)8-9(14)10(15-11(8)13)7-5-3-2-4-6-7/h2-6,15H,1H3. The average Bonchev–Trinajstić information content (AvgIpc) is 2.65. The second-order valence-electron chi connectivity index (χ2n) is 3.36. The molecule has 0 atom stereocenters. The fourth-order valence-electron chi connectivity index (χ4n) is 1.53. The van der Waals surface area contributed by atoms with Gasteiger partial charge in [0.25, 0.3) is 0 Å². The summed E-state index contributed by atoms with van der Waals surface area (Å²) in [6.45, 7) is 0. The minimum Gasteiger partial charge on any atom is -0.465 e. The second kappa shape index (κ2) is 4.59. The zero-order valence-electron chi connectivity index (χ0n) is 8.96. The van der Waals surface area contributed by atoms with Crippen LogP contribution in [0.1, 0.15) is 10.4 Å². The number of carbonyl (C=O) groups excluding carboxylic acids is 1. The van der Waals surface area contributed by atoms with E-state index >= 15 is 0 Å². The maximum atomic E-state index is 14.0. The van der Waals surface area contributed by atoms with Crippen molar-refractivity contribution in [1.82, 2.24) is 4.98 Å². The van der Waals surface area contributed by atoms with E-state index in [1.165, 1.54) is 7.11 Å². The first-order chi connectivity index (χ1) is 8.15. The number of aromatic nitrogens is 1. The number of methoxy groups -OCH3 is 1. The first-order valence-corrected chi connectivity index (χ1v) is 5.23. The lowest BCUT2D eigenvalue weighted by Gasteiger charge is -1.98. The summed E-state index contributed by atoms with van der Waals surface area (Å²) in [5.41, 5.74) is 0.520. The molecule has 0 saturated heterocycles. The minimum absolute atomic E-state index is 0.0618. The number of hydrogen-bond donors (Lipinski definition) is 1. The summed E-state index contributed by atoms with van der Waals surface area (Å²) in [5.74, 6) is -1.50. The van der Waals surface area contributed by atoms with Gasteiger partial charge in [-0.2, -0.15) is 0 Å². The maximum absolute atomic E-state index is 14.0. The number of hydrogen-bond acceptors (Lipinski definition) is 2. The Balaban J connectivity index is 2.56. The van der Waals surface area contributed by atoms with E-state index in [1.54, 1.807) is 24.3 Å². The van der Waals surface area contributed by atoms with Gasteiger partial charge in [0.05, 0.1) is 12.8 Å². The van der Waals surface area contributed by atoms with Crippen LogP contribution in [-0.4, -0.2) is 18.1 Å². The molecule has 3 nitrogen and oxygen atoms in total. The molecule has 17 heavy (non-hydrogen) atoms. The Kier molecular flexibility index (Phi) is 3.15. The van der Waals surface area contributed by atoms with Crippen LogP contribution in [0.25, 0.3) is 11.3 Å². The molecule has 0 aliphatic heterocycles. The highest BCUT2D eigenvalue weighted by molar-refractivity contribution is 6.32. The molecule has 1 aromatic carbocycles. The Morgan fingerprint density at radius 1 is 1.35 bits per heavy atom. The molecule has 0 amide bonds. The van der Waals surface area contributed by atoms with Crippen LogP contribution >= 0.6 is 11.6 Å². The van der Waals surface area contributed by atoms with Crippen molar-refractivity contribution in [3.05, 3.63) is 46.9 Å². The van der Waals surface area contributed by atoms with Gasteiger partial charge in [-0.1, -0.05) is 41.9 Å². The molecule has 1 heterocycles. The fraction of sp³-hybridized carbons (Fsp3) is 0.0833. The zero-order valence-corrected chi connectivity index (χ0v) is 9.72. The molecule has 0 spiro atoms. The first kappa shape index (κ1) is 11.7. The summed E-state index contributed by atoms with van der Waals surface area (Å²) in [6.07, 6.45) is 0. The van der Waals surface area contributed by atoms with Crippen molar-refractivity contribution in [1.29, 1.82) is 0 Å². The molecule has 1 aromatic heterocycles. The molecule has 1 N–H and O–H groups in total. The quantitative estimate of drug-likeness (QED) is 0.835. The van der Waals surface area contributed by atoms with Gasteiger partial charge in [-0.15, -0.1) is 0 Å². The lowest BCUT2D eigenvalue weighted by atomic mass is 10.1. The number of aromatic amines is 1. The van der Waals surface area contributed by atoms with Gasteiger partial charge in [-0.25, -0.2) is 9.18 Å². The van der Waals surface area contributed by atoms with Gasteiger partial charge in [-0.05, 0) is 0 Å². The zero-order chi connectivity index (χ0) is 12.4. The molecule has 0 bridgehead atoms. The number of carbonyl (C=O) groups is 1. The van der Waals surface area contributed by atoms with E-state index in [1.807, 2.05) is 6.07 Å². The number of halogens is 2. The summed E-state index contributed by atoms with van der Waals surface area (Å²) in [6, 6.07) is 8.77. The molecule has 2 aromatic rings. The van der Waals surface area contributed by atoms with Gasteiger partial charge in [0.15, 0.2) is 5.82 Å². The van der Waals surface area contributed by atoms with Gasteiger partial charge in [0.1, 0.15) is 10.7 Å². The predicted octanol–water partition coefficient (Wildman–Crippen LogP) is 3.26. The van der Waals surface area contributed by atoms with Crippen LogP contribution in [0, 0.1) is 5.82 Å². The third-order valence-corrected chi connectivity index (χ3v) is 2.63. The minimum atomic E-state index is -0.800. The van der Waals surface area contributed by atoms with Crippen LogP contribution in [0.3, 0.4) is 0 Å². The van der Waals surface area contributed by atoms with Gasteiger partial charge < -0.3 is 9.72 Å². The Morgan fingerprint density at radius 2 is 2.00 bits per heavy atom. The van der Waals surface area contributed by atoms with Crippen molar-refractivity contribution >= 4 is 17.6 Å². The van der Waals surface area contributed by atoms with Crippen LogP contribution < -0.4 is 0 Å². The highest BCUT2D eigenvalue weighted by Crippen LogP contribution is 2.29. The molecule has 2 rings (SSSR count). The lowest BCUT2D eigenvalue weighted by molar-refractivity contribution is 0.0596. The molecule has 88 valence electrons. The molecule has 0 aliphatic carbocycles. The van der Waals surface area contributed by atoms with Gasteiger partial charge >= 0.3 is 5.97 Å². The van der Waals surface area contributed by atoms with Crippen LogP contribution in [0.15, 0.2) is 30.3 Å². The van der Waals surface area contributed by atoms with Crippen molar-refractivity contribution in [3.8, 4) is 11.3 Å². The fourth-order valence-corrected chi connectivity index (χ4v) is 1.79. The molecule has 0 aliphatic rings. The van der Waals surface area contributed by atoms with Crippen molar-refractivity contribution in [3.63, 3.8) is 0 Å². The molecule has 5 heteroatoms. The largest absolute Gasteiger partial charge is 0.465 e. The van der Waals surface area contributed by atoms with E-state index in [0.29, 0.717) is 5.56 Å². The summed E-state index contributed by atoms with van der Waals surface area (Å²) < 4.78 is 18.5. The molecular formula is C12H9ClFNO2. The van der Waals surface area contributed by atoms with E-state index in [0.717, 1.165) is 0 Å². The number of ether oxygens (including phenoxy) is 1. The highest BCUT2D eigenvalue weighted by atomic mass is 35.5. The Morgan fingerprint density at radius 3 is 2.59 bits per heavy atom. The topological polar surface area (TPSA) is 42.1 Å². The van der Waals surface area contributed by atoms with Crippen molar-refractivity contribution in [2.45, 2.75) is 0 Å². The van der Waals surface area contributed by atoms with Crippen LogP contribution in [-0.2, 0) is 4.74 Å². The molecule has 0 fully saturated rings. The maximum Gasteiger partial charge on any atom is 0.344 e. The lowest BCUT2D eigenvalue weighted by Crippen LogP contribution is -2.02. The van der Waals surface area contributed by atoms with Crippen LogP contribution in [0.5, 0.6) is 0 Å². The number of benzene rings is 1. The van der Waals surface area contributed by atoms with Gasteiger partial charge in [0, 0.05) is 5.56 Å². The van der Waals surface area contributed by atoms with Gasteiger partial charge in [-0.3, -0.25) is 0 Å². The number of H-pyrrole nitrogens is 1. The third-order valence-electron chi connectivity index (χ3n) is 2.35. The molecule has 0 radical (unpaired) electrons. The monoisotopic (exact) mass is 253 g/mol. The highest BCUT2D eigenvalue weighted by Gasteiger charge is 2.23. The van der Waals surface area contributed by atoms with Gasteiger partial charge in [0.2, 0.25) is 0 Å². The Labute approximate surface area is 102 Å². The summed E-state index contributed by atoms with van der Waals surface area (Å²) in [5, 5.41) is -0.0618. The average molecular weight is 254 g/mol. The Bertz CT molecular complexity index is 551. The first-order valence-electron chi connectivity index (χ1n) is 4.86. The molecule has 0 unspecified atom stereocenters. The van der Waals surface area contributed by atoms with E-state index in [2.05, 4.69) is 9.72 Å². The van der Waals surface area contributed by atoms with E-state index < -0.39 is 11.8 Å². The van der Waals surface area contributed by atoms with E-state index in [9.17, 15) is 9.18 Å². The van der Waals surface area contributed by atoms with Crippen LogP contribution in [0.2, 0.25) is 5.15 Å². The second-order valence-corrected chi connectivity index (χ2v) is 3.74. The number of rotatable bonds is 2. The molecule has 0 saturated carbocycles. The number of esters is 1. The summed E-state index contributed by atoms with van der Waals surface area (Å²) in [4.78, 5) is 14.0. The van der Waals surface area contributed by atoms with E-state index in [4.69, 9.17) is 11.6 Å².